The number of carbonyl (C=O) groups is 2. The fourth-order valence-corrected chi connectivity index (χ4v) is 1.46. The lowest BCUT2D eigenvalue weighted by molar-refractivity contribution is -0.119. The summed E-state index contributed by atoms with van der Waals surface area (Å²) in [5.74, 6) is -1.01. The number of anilines is 1. The monoisotopic (exact) mass is 264 g/mol. The van der Waals surface area contributed by atoms with E-state index in [1.54, 1.807) is 45.0 Å². The Balaban J connectivity index is 2.89. The second kappa shape index (κ2) is 6.89. The zero-order valence-corrected chi connectivity index (χ0v) is 11.5. The molecule has 1 rings (SSSR count). The smallest absolute Gasteiger partial charge is 0.340 e. The normalized spacial score (nSPS) is 13.5. The highest BCUT2D eigenvalue weighted by Gasteiger charge is 2.19. The van der Waals surface area contributed by atoms with Crippen molar-refractivity contribution in [3.8, 4) is 0 Å². The lowest BCUT2D eigenvalue weighted by Gasteiger charge is -2.16. The molecular formula is C14H20N2O3. The van der Waals surface area contributed by atoms with E-state index in [9.17, 15) is 9.59 Å². The summed E-state index contributed by atoms with van der Waals surface area (Å²) in [5, 5.41) is 2.71. The molecule has 2 unspecified atom stereocenters. The van der Waals surface area contributed by atoms with E-state index < -0.39 is 5.97 Å². The number of para-hydroxylation sites is 1. The number of carbonyl (C=O) groups excluding carboxylic acids is 2. The summed E-state index contributed by atoms with van der Waals surface area (Å²) in [6.45, 7) is 5.53. The van der Waals surface area contributed by atoms with E-state index in [1.807, 2.05) is 0 Å². The first kappa shape index (κ1) is 15.2. The standard InChI is InChI=1S/C14H20N2O3/c1-4-19-14(18)11-7-5-6-8-12(11)16-13(17)9(2)10(3)15/h5-10H,4,15H2,1-3H3,(H,16,17). The van der Waals surface area contributed by atoms with E-state index in [0.717, 1.165) is 0 Å². The summed E-state index contributed by atoms with van der Waals surface area (Å²) < 4.78 is 4.94. The van der Waals surface area contributed by atoms with Gasteiger partial charge >= 0.3 is 5.97 Å². The van der Waals surface area contributed by atoms with E-state index in [1.165, 1.54) is 0 Å². The highest BCUT2D eigenvalue weighted by atomic mass is 16.5. The topological polar surface area (TPSA) is 81.4 Å². The Labute approximate surface area is 113 Å². The zero-order chi connectivity index (χ0) is 14.4. The van der Waals surface area contributed by atoms with E-state index in [4.69, 9.17) is 10.5 Å². The van der Waals surface area contributed by atoms with Crippen LogP contribution in [0.2, 0.25) is 0 Å². The van der Waals surface area contributed by atoms with Crippen molar-refractivity contribution in [2.75, 3.05) is 11.9 Å². The van der Waals surface area contributed by atoms with Crippen LogP contribution in [0.25, 0.3) is 0 Å². The van der Waals surface area contributed by atoms with Gasteiger partial charge in [0.25, 0.3) is 0 Å². The molecule has 19 heavy (non-hydrogen) atoms. The summed E-state index contributed by atoms with van der Waals surface area (Å²) in [4.78, 5) is 23.7. The van der Waals surface area contributed by atoms with Gasteiger partial charge in [-0.05, 0) is 26.0 Å². The quantitative estimate of drug-likeness (QED) is 0.794. The number of amides is 1. The van der Waals surface area contributed by atoms with E-state index in [2.05, 4.69) is 5.32 Å². The van der Waals surface area contributed by atoms with Crippen molar-refractivity contribution >= 4 is 17.6 Å². The molecule has 0 saturated heterocycles. The molecule has 2 atom stereocenters. The average Bonchev–Trinajstić information content (AvgIpc) is 2.38. The van der Waals surface area contributed by atoms with Crippen molar-refractivity contribution < 1.29 is 14.3 Å². The van der Waals surface area contributed by atoms with Crippen molar-refractivity contribution in [1.82, 2.24) is 0 Å². The van der Waals surface area contributed by atoms with Crippen LogP contribution < -0.4 is 11.1 Å². The number of benzene rings is 1. The van der Waals surface area contributed by atoms with Crippen molar-refractivity contribution in [1.29, 1.82) is 0 Å². The Morgan fingerprint density at radius 3 is 2.53 bits per heavy atom. The Morgan fingerprint density at radius 2 is 1.95 bits per heavy atom. The molecule has 1 aromatic rings. The van der Waals surface area contributed by atoms with Crippen molar-refractivity contribution in [3.05, 3.63) is 29.8 Å². The van der Waals surface area contributed by atoms with Gasteiger partial charge in [0.15, 0.2) is 0 Å². The SMILES string of the molecule is CCOC(=O)c1ccccc1NC(=O)C(C)C(C)N. The van der Waals surface area contributed by atoms with Crippen LogP contribution >= 0.6 is 0 Å². The Kier molecular flexibility index (Phi) is 5.51. The molecule has 0 saturated carbocycles. The number of esters is 1. The average molecular weight is 264 g/mol. The van der Waals surface area contributed by atoms with Crippen molar-refractivity contribution in [3.63, 3.8) is 0 Å². The fourth-order valence-electron chi connectivity index (χ4n) is 1.46. The molecule has 3 N–H and O–H groups in total. The molecule has 0 fully saturated rings. The number of nitrogens with one attached hydrogen (secondary N) is 1. The van der Waals surface area contributed by atoms with Gasteiger partial charge in [0.2, 0.25) is 5.91 Å². The fraction of sp³-hybridized carbons (Fsp3) is 0.429. The maximum atomic E-state index is 11.9. The summed E-state index contributed by atoms with van der Waals surface area (Å²) in [5.41, 5.74) is 6.47. The lowest BCUT2D eigenvalue weighted by Crippen LogP contribution is -2.34. The van der Waals surface area contributed by atoms with Crippen LogP contribution in [-0.4, -0.2) is 24.5 Å². The van der Waals surface area contributed by atoms with Crippen molar-refractivity contribution in [2.24, 2.45) is 11.7 Å². The first-order valence-electron chi connectivity index (χ1n) is 6.30. The molecule has 0 aliphatic carbocycles. The predicted molar refractivity (Wildman–Crippen MR) is 73.8 cm³/mol. The Morgan fingerprint density at radius 1 is 1.32 bits per heavy atom. The molecule has 0 bridgehead atoms. The molecule has 0 aliphatic heterocycles. The number of hydrogen-bond donors (Lipinski definition) is 2. The molecular weight excluding hydrogens is 244 g/mol. The minimum Gasteiger partial charge on any atom is -0.462 e. The molecule has 0 heterocycles. The number of ether oxygens (including phenoxy) is 1. The van der Waals surface area contributed by atoms with Gasteiger partial charge in [-0.3, -0.25) is 4.79 Å². The maximum absolute atomic E-state index is 11.9. The van der Waals surface area contributed by atoms with Crippen LogP contribution in [0.4, 0.5) is 5.69 Å². The van der Waals surface area contributed by atoms with Crippen LogP contribution in [0.3, 0.4) is 0 Å². The largest absolute Gasteiger partial charge is 0.462 e. The third kappa shape index (κ3) is 4.06. The highest BCUT2D eigenvalue weighted by Crippen LogP contribution is 2.17. The van der Waals surface area contributed by atoms with E-state index in [0.29, 0.717) is 11.3 Å². The van der Waals surface area contributed by atoms with Gasteiger partial charge in [0.05, 0.1) is 23.8 Å². The van der Waals surface area contributed by atoms with Crippen molar-refractivity contribution in [2.45, 2.75) is 26.8 Å². The molecule has 0 aliphatic rings. The molecule has 0 spiro atoms. The van der Waals surface area contributed by atoms with E-state index in [-0.39, 0.29) is 24.5 Å². The second-order valence-corrected chi connectivity index (χ2v) is 4.40. The van der Waals surface area contributed by atoms with Gasteiger partial charge in [0.1, 0.15) is 0 Å². The number of nitrogens with two attached hydrogens (primary N) is 1. The first-order chi connectivity index (χ1) is 8.97. The maximum Gasteiger partial charge on any atom is 0.340 e. The zero-order valence-electron chi connectivity index (χ0n) is 11.5. The van der Waals surface area contributed by atoms with E-state index >= 15 is 0 Å². The molecule has 0 aromatic heterocycles. The van der Waals surface area contributed by atoms with Gasteiger partial charge in [-0.1, -0.05) is 19.1 Å². The van der Waals surface area contributed by atoms with Gasteiger partial charge in [0, 0.05) is 6.04 Å². The van der Waals surface area contributed by atoms with Gasteiger partial charge in [-0.25, -0.2) is 4.79 Å². The predicted octanol–water partition coefficient (Wildman–Crippen LogP) is 1.79. The summed E-state index contributed by atoms with van der Waals surface area (Å²) >= 11 is 0. The summed E-state index contributed by atoms with van der Waals surface area (Å²) in [7, 11) is 0. The molecule has 5 heteroatoms. The van der Waals surface area contributed by atoms with Crippen LogP contribution in [0.5, 0.6) is 0 Å². The molecule has 0 radical (unpaired) electrons. The second-order valence-electron chi connectivity index (χ2n) is 4.40. The van der Waals surface area contributed by atoms with Crippen LogP contribution in [0.1, 0.15) is 31.1 Å². The Hall–Kier alpha value is -1.88. The van der Waals surface area contributed by atoms with Crippen LogP contribution in [0.15, 0.2) is 24.3 Å². The summed E-state index contributed by atoms with van der Waals surface area (Å²) in [6.07, 6.45) is 0. The number of hydrogen-bond acceptors (Lipinski definition) is 4. The van der Waals surface area contributed by atoms with Gasteiger partial charge in [-0.15, -0.1) is 0 Å². The Bertz CT molecular complexity index is 458. The third-order valence-corrected chi connectivity index (χ3v) is 2.88. The molecule has 1 aromatic carbocycles. The molecule has 5 nitrogen and oxygen atoms in total. The molecule has 1 amide bonds. The van der Waals surface area contributed by atoms with Crippen LogP contribution in [-0.2, 0) is 9.53 Å². The third-order valence-electron chi connectivity index (χ3n) is 2.88. The van der Waals surface area contributed by atoms with Crippen LogP contribution in [0, 0.1) is 5.92 Å². The minimum absolute atomic E-state index is 0.216. The van der Waals surface area contributed by atoms with Gasteiger partial charge < -0.3 is 15.8 Å². The lowest BCUT2D eigenvalue weighted by atomic mass is 10.0. The van der Waals surface area contributed by atoms with Gasteiger partial charge in [-0.2, -0.15) is 0 Å². The first-order valence-corrected chi connectivity index (χ1v) is 6.30. The summed E-state index contributed by atoms with van der Waals surface area (Å²) in [6, 6.07) is 6.49. The molecule has 104 valence electrons. The highest BCUT2D eigenvalue weighted by molar-refractivity contribution is 6.01. The number of rotatable bonds is 5. The minimum atomic E-state index is -0.452.